The molecule has 0 bridgehead atoms. The van der Waals surface area contributed by atoms with Gasteiger partial charge in [-0.3, -0.25) is 0 Å². The molecule has 0 aromatic heterocycles. The average Bonchev–Trinajstić information content (AvgIpc) is 3.01. The van der Waals surface area contributed by atoms with E-state index in [1.807, 2.05) is 0 Å². The molecule has 142 valence electrons. The van der Waals surface area contributed by atoms with Crippen LogP contribution in [0.15, 0.2) is 60.7 Å². The third-order valence-corrected chi connectivity index (χ3v) is 4.69. The van der Waals surface area contributed by atoms with Crippen molar-refractivity contribution < 1.29 is 23.8 Å². The summed E-state index contributed by atoms with van der Waals surface area (Å²) in [6.45, 7) is 5.71. The van der Waals surface area contributed by atoms with Gasteiger partial charge in [0.05, 0.1) is 25.2 Å². The molecule has 0 aliphatic carbocycles. The number of hydrogen-bond acceptors (Lipinski definition) is 6. The van der Waals surface area contributed by atoms with Gasteiger partial charge in [-0.15, -0.1) is 0 Å². The highest BCUT2D eigenvalue weighted by Crippen LogP contribution is 2.49. The van der Waals surface area contributed by atoms with Crippen molar-refractivity contribution >= 4 is 11.9 Å². The maximum Gasteiger partial charge on any atom is 0.340 e. The zero-order valence-electron chi connectivity index (χ0n) is 15.6. The van der Waals surface area contributed by atoms with Crippen LogP contribution in [0.4, 0.5) is 0 Å². The van der Waals surface area contributed by atoms with E-state index in [-0.39, 0.29) is 17.7 Å². The van der Waals surface area contributed by atoms with Crippen molar-refractivity contribution in [1.82, 2.24) is 0 Å². The van der Waals surface area contributed by atoms with E-state index in [4.69, 9.17) is 14.2 Å². The smallest absolute Gasteiger partial charge is 0.340 e. The SMILES string of the molecule is C=C(C(=O)OCC)[C@H](c1cccc(OC)c1)[C@]1(C#N)OC(=O)c2ccccc21. The standard InChI is InChI=1S/C22H19NO5/c1-4-27-20(24)14(2)19(15-8-7-9-16(12-15)26-3)22(13-23)18-11-6-5-10-17(18)21(25)28-22/h5-12,19H,2,4H2,1,3H3/t19-,22-/m1/s1. The molecule has 0 saturated heterocycles. The normalized spacial score (nSPS) is 18.4. The number of methoxy groups -OCH3 is 1. The van der Waals surface area contributed by atoms with Crippen LogP contribution in [0.3, 0.4) is 0 Å². The van der Waals surface area contributed by atoms with Crippen LogP contribution in [0.5, 0.6) is 5.75 Å². The fourth-order valence-corrected chi connectivity index (χ4v) is 3.45. The van der Waals surface area contributed by atoms with Gasteiger partial charge in [-0.2, -0.15) is 5.26 Å². The van der Waals surface area contributed by atoms with Gasteiger partial charge in [0.1, 0.15) is 11.8 Å². The Kier molecular flexibility index (Phi) is 5.18. The first-order valence-corrected chi connectivity index (χ1v) is 8.72. The Labute approximate surface area is 162 Å². The summed E-state index contributed by atoms with van der Waals surface area (Å²) in [4.78, 5) is 25.0. The van der Waals surface area contributed by atoms with E-state index < -0.39 is 23.5 Å². The lowest BCUT2D eigenvalue weighted by Gasteiger charge is -2.32. The minimum atomic E-state index is -1.75. The van der Waals surface area contributed by atoms with Crippen molar-refractivity contribution in [2.45, 2.75) is 18.4 Å². The third-order valence-electron chi connectivity index (χ3n) is 4.69. The Morgan fingerprint density at radius 3 is 2.71 bits per heavy atom. The topological polar surface area (TPSA) is 85.6 Å². The fourth-order valence-electron chi connectivity index (χ4n) is 3.45. The van der Waals surface area contributed by atoms with Crippen LogP contribution in [0.1, 0.15) is 34.3 Å². The second kappa shape index (κ2) is 7.57. The van der Waals surface area contributed by atoms with E-state index in [1.165, 1.54) is 7.11 Å². The van der Waals surface area contributed by atoms with Crippen LogP contribution >= 0.6 is 0 Å². The molecule has 1 aliphatic rings. The molecule has 1 aliphatic heterocycles. The fraction of sp³-hybridized carbons (Fsp3) is 0.227. The highest BCUT2D eigenvalue weighted by Gasteiger charge is 2.54. The van der Waals surface area contributed by atoms with Crippen LogP contribution in [-0.2, 0) is 19.9 Å². The predicted octanol–water partition coefficient (Wildman–Crippen LogP) is 3.49. The predicted molar refractivity (Wildman–Crippen MR) is 101 cm³/mol. The lowest BCUT2D eigenvalue weighted by atomic mass is 9.74. The van der Waals surface area contributed by atoms with Crippen LogP contribution in [0.25, 0.3) is 0 Å². The minimum absolute atomic E-state index is 0.0150. The minimum Gasteiger partial charge on any atom is -0.497 e. The van der Waals surface area contributed by atoms with Crippen molar-refractivity contribution in [2.75, 3.05) is 13.7 Å². The van der Waals surface area contributed by atoms with Crippen LogP contribution in [-0.4, -0.2) is 25.7 Å². The van der Waals surface area contributed by atoms with E-state index in [1.54, 1.807) is 55.5 Å². The molecular weight excluding hydrogens is 358 g/mol. The zero-order valence-corrected chi connectivity index (χ0v) is 15.6. The Balaban J connectivity index is 2.24. The van der Waals surface area contributed by atoms with Crippen molar-refractivity contribution in [3.63, 3.8) is 0 Å². The highest BCUT2D eigenvalue weighted by molar-refractivity contribution is 5.97. The number of rotatable bonds is 6. The number of nitriles is 1. The highest BCUT2D eigenvalue weighted by atomic mass is 16.6. The third kappa shape index (κ3) is 3.01. The first-order valence-electron chi connectivity index (χ1n) is 8.72. The Hall–Kier alpha value is -3.59. The Bertz CT molecular complexity index is 990. The van der Waals surface area contributed by atoms with Crippen molar-refractivity contribution in [3.05, 3.63) is 77.4 Å². The molecule has 2 aromatic carbocycles. The quantitative estimate of drug-likeness (QED) is 0.566. The van der Waals surface area contributed by atoms with E-state index in [2.05, 4.69) is 12.6 Å². The van der Waals surface area contributed by atoms with Gasteiger partial charge in [0.15, 0.2) is 0 Å². The van der Waals surface area contributed by atoms with Crippen LogP contribution < -0.4 is 4.74 Å². The number of benzene rings is 2. The Morgan fingerprint density at radius 2 is 2.04 bits per heavy atom. The summed E-state index contributed by atoms with van der Waals surface area (Å²) in [5.74, 6) is -1.73. The van der Waals surface area contributed by atoms with Crippen molar-refractivity contribution in [2.24, 2.45) is 0 Å². The molecule has 3 rings (SSSR count). The monoisotopic (exact) mass is 377 g/mol. The van der Waals surface area contributed by atoms with Gasteiger partial charge in [-0.1, -0.05) is 36.9 Å². The largest absolute Gasteiger partial charge is 0.497 e. The maximum absolute atomic E-state index is 12.5. The number of ether oxygens (including phenoxy) is 3. The van der Waals surface area contributed by atoms with Gasteiger partial charge in [-0.05, 0) is 30.7 Å². The molecule has 0 amide bonds. The van der Waals surface area contributed by atoms with E-state index in [0.29, 0.717) is 16.9 Å². The van der Waals surface area contributed by atoms with Gasteiger partial charge >= 0.3 is 11.9 Å². The van der Waals surface area contributed by atoms with Gasteiger partial charge in [-0.25, -0.2) is 9.59 Å². The van der Waals surface area contributed by atoms with Gasteiger partial charge in [0.2, 0.25) is 5.60 Å². The van der Waals surface area contributed by atoms with Crippen molar-refractivity contribution in [1.29, 1.82) is 5.26 Å². The van der Waals surface area contributed by atoms with Gasteiger partial charge < -0.3 is 14.2 Å². The summed E-state index contributed by atoms with van der Waals surface area (Å²) in [6, 6.07) is 15.6. The second-order valence-corrected chi connectivity index (χ2v) is 6.24. The molecule has 1 heterocycles. The maximum atomic E-state index is 12.5. The summed E-state index contributed by atoms with van der Waals surface area (Å²) >= 11 is 0. The lowest BCUT2D eigenvalue weighted by molar-refractivity contribution is -0.139. The number of fused-ring (bicyclic) bond motifs is 1. The molecular formula is C22H19NO5. The summed E-state index contributed by atoms with van der Waals surface area (Å²) in [5.41, 5.74) is -0.511. The van der Waals surface area contributed by atoms with E-state index in [0.717, 1.165) is 0 Å². The van der Waals surface area contributed by atoms with Crippen molar-refractivity contribution in [3.8, 4) is 11.8 Å². The average molecular weight is 377 g/mol. The number of hydrogen-bond donors (Lipinski definition) is 0. The molecule has 0 fully saturated rings. The van der Waals surface area contributed by atoms with Gasteiger partial charge in [0.25, 0.3) is 0 Å². The van der Waals surface area contributed by atoms with Gasteiger partial charge in [0, 0.05) is 11.1 Å². The zero-order chi connectivity index (χ0) is 20.3. The summed E-state index contributed by atoms with van der Waals surface area (Å²) in [7, 11) is 1.51. The molecule has 0 N–H and O–H groups in total. The van der Waals surface area contributed by atoms with E-state index in [9.17, 15) is 14.9 Å². The molecule has 0 unspecified atom stereocenters. The molecule has 0 radical (unpaired) electrons. The lowest BCUT2D eigenvalue weighted by Crippen LogP contribution is -2.35. The first kappa shape index (κ1) is 19.2. The second-order valence-electron chi connectivity index (χ2n) is 6.24. The number of nitrogens with zero attached hydrogens (tertiary/aromatic N) is 1. The molecule has 6 nitrogen and oxygen atoms in total. The van der Waals surface area contributed by atoms with E-state index >= 15 is 0 Å². The molecule has 2 aromatic rings. The molecule has 0 saturated carbocycles. The number of carbonyl (C=O) groups is 2. The summed E-state index contributed by atoms with van der Waals surface area (Å²) < 4.78 is 16.0. The number of cyclic esters (lactones) is 1. The summed E-state index contributed by atoms with van der Waals surface area (Å²) in [5, 5.41) is 10.1. The summed E-state index contributed by atoms with van der Waals surface area (Å²) in [6.07, 6.45) is 0. The molecule has 28 heavy (non-hydrogen) atoms. The first-order chi connectivity index (χ1) is 13.5. The van der Waals surface area contributed by atoms with Crippen LogP contribution in [0, 0.1) is 11.3 Å². The molecule has 0 spiro atoms. The van der Waals surface area contributed by atoms with Crippen LogP contribution in [0.2, 0.25) is 0 Å². The Morgan fingerprint density at radius 1 is 1.29 bits per heavy atom. The number of esters is 2. The molecule has 2 atom stereocenters. The molecule has 6 heteroatoms. The number of carbonyl (C=O) groups excluding carboxylic acids is 2.